The van der Waals surface area contributed by atoms with E-state index in [0.717, 1.165) is 16.9 Å². The summed E-state index contributed by atoms with van der Waals surface area (Å²) in [7, 11) is 1.65. The van der Waals surface area contributed by atoms with Crippen LogP contribution in [0.15, 0.2) is 18.2 Å². The molecular weight excluding hydrogens is 214 g/mol. The zero-order valence-electron chi connectivity index (χ0n) is 9.90. The first-order valence-electron chi connectivity index (χ1n) is 5.80. The maximum absolute atomic E-state index is 11.9. The van der Waals surface area contributed by atoms with Gasteiger partial charge in [0, 0.05) is 18.8 Å². The standard InChI is InChI=1S/C14H15NO2/c1-17-14-6-2-4-10-9-13(16)11(5-3-7-15)8-12(10)14/h2,4,6,11H,3,5,8-9H2,1H3. The molecule has 1 aliphatic rings. The van der Waals surface area contributed by atoms with Crippen LogP contribution in [-0.2, 0) is 17.6 Å². The van der Waals surface area contributed by atoms with Gasteiger partial charge in [-0.2, -0.15) is 5.26 Å². The van der Waals surface area contributed by atoms with Crippen LogP contribution in [0.4, 0.5) is 0 Å². The predicted molar refractivity (Wildman–Crippen MR) is 63.7 cm³/mol. The van der Waals surface area contributed by atoms with Gasteiger partial charge in [-0.25, -0.2) is 0 Å². The van der Waals surface area contributed by atoms with Crippen molar-refractivity contribution >= 4 is 5.78 Å². The number of fused-ring (bicyclic) bond motifs is 1. The van der Waals surface area contributed by atoms with E-state index in [1.165, 1.54) is 0 Å². The molecule has 3 heteroatoms. The van der Waals surface area contributed by atoms with Gasteiger partial charge in [-0.05, 0) is 30.0 Å². The lowest BCUT2D eigenvalue weighted by molar-refractivity contribution is -0.122. The molecule has 0 radical (unpaired) electrons. The van der Waals surface area contributed by atoms with Gasteiger partial charge >= 0.3 is 0 Å². The van der Waals surface area contributed by atoms with E-state index in [1.54, 1.807) is 7.11 Å². The third kappa shape index (κ3) is 2.31. The summed E-state index contributed by atoms with van der Waals surface area (Å²) in [6.07, 6.45) is 2.29. The first kappa shape index (κ1) is 11.7. The molecule has 1 aromatic carbocycles. The Morgan fingerprint density at radius 2 is 2.35 bits per heavy atom. The summed E-state index contributed by atoms with van der Waals surface area (Å²) in [4.78, 5) is 11.9. The number of benzene rings is 1. The Hall–Kier alpha value is -1.82. The molecule has 1 aliphatic carbocycles. The topological polar surface area (TPSA) is 50.1 Å². The monoisotopic (exact) mass is 229 g/mol. The molecule has 3 nitrogen and oxygen atoms in total. The maximum atomic E-state index is 11.9. The molecule has 1 aromatic rings. The lowest BCUT2D eigenvalue weighted by Gasteiger charge is -2.24. The fourth-order valence-corrected chi connectivity index (χ4v) is 2.39. The molecule has 88 valence electrons. The van der Waals surface area contributed by atoms with E-state index in [2.05, 4.69) is 6.07 Å². The molecule has 0 saturated heterocycles. The van der Waals surface area contributed by atoms with Gasteiger partial charge in [-0.1, -0.05) is 12.1 Å². The second-order valence-electron chi connectivity index (χ2n) is 4.34. The van der Waals surface area contributed by atoms with Crippen LogP contribution in [0, 0.1) is 17.2 Å². The Kier molecular flexibility index (Phi) is 3.43. The largest absolute Gasteiger partial charge is 0.496 e. The van der Waals surface area contributed by atoms with E-state index < -0.39 is 0 Å². The van der Waals surface area contributed by atoms with Crippen molar-refractivity contribution in [3.63, 3.8) is 0 Å². The highest BCUT2D eigenvalue weighted by Crippen LogP contribution is 2.32. The van der Waals surface area contributed by atoms with Crippen LogP contribution in [0.1, 0.15) is 24.0 Å². The fraction of sp³-hybridized carbons (Fsp3) is 0.429. The first-order chi connectivity index (χ1) is 8.26. The quantitative estimate of drug-likeness (QED) is 0.799. The fourth-order valence-electron chi connectivity index (χ4n) is 2.39. The van der Waals surface area contributed by atoms with Crippen molar-refractivity contribution in [1.29, 1.82) is 5.26 Å². The highest BCUT2D eigenvalue weighted by molar-refractivity contribution is 5.86. The number of Topliss-reactive ketones (excluding diaryl/α,β-unsaturated/α-hetero) is 1. The second-order valence-corrected chi connectivity index (χ2v) is 4.34. The molecule has 0 aromatic heterocycles. The number of nitrogens with zero attached hydrogens (tertiary/aromatic N) is 1. The lowest BCUT2D eigenvalue weighted by Crippen LogP contribution is -2.25. The van der Waals surface area contributed by atoms with Crippen LogP contribution < -0.4 is 4.74 Å². The summed E-state index contributed by atoms with van der Waals surface area (Å²) in [5.41, 5.74) is 2.21. The Balaban J connectivity index is 2.26. The van der Waals surface area contributed by atoms with Gasteiger partial charge in [-0.15, -0.1) is 0 Å². The number of carbonyl (C=O) groups excluding carboxylic acids is 1. The number of rotatable bonds is 3. The normalized spacial score (nSPS) is 18.4. The minimum atomic E-state index is -0.0153. The summed E-state index contributed by atoms with van der Waals surface area (Å²) in [5, 5.41) is 8.59. The highest BCUT2D eigenvalue weighted by atomic mass is 16.5. The minimum Gasteiger partial charge on any atom is -0.496 e. The van der Waals surface area contributed by atoms with Crippen LogP contribution in [0.25, 0.3) is 0 Å². The van der Waals surface area contributed by atoms with Crippen molar-refractivity contribution in [1.82, 2.24) is 0 Å². The maximum Gasteiger partial charge on any atom is 0.140 e. The van der Waals surface area contributed by atoms with E-state index in [1.807, 2.05) is 18.2 Å². The summed E-state index contributed by atoms with van der Waals surface area (Å²) >= 11 is 0. The lowest BCUT2D eigenvalue weighted by atomic mass is 9.80. The molecule has 0 amide bonds. The minimum absolute atomic E-state index is 0.0153. The summed E-state index contributed by atoms with van der Waals surface area (Å²) in [5.74, 6) is 1.09. The van der Waals surface area contributed by atoms with Gasteiger partial charge < -0.3 is 4.74 Å². The number of ether oxygens (including phenoxy) is 1. The Morgan fingerprint density at radius 3 is 3.06 bits per heavy atom. The molecule has 0 fully saturated rings. The molecule has 0 saturated carbocycles. The molecule has 0 bridgehead atoms. The number of carbonyl (C=O) groups is 1. The number of methoxy groups -OCH3 is 1. The predicted octanol–water partition coefficient (Wildman–Crippen LogP) is 2.28. The van der Waals surface area contributed by atoms with Crippen molar-refractivity contribution in [3.05, 3.63) is 29.3 Å². The molecule has 0 aliphatic heterocycles. The van der Waals surface area contributed by atoms with Gasteiger partial charge in [0.15, 0.2) is 0 Å². The second kappa shape index (κ2) is 5.01. The zero-order chi connectivity index (χ0) is 12.3. The van der Waals surface area contributed by atoms with Crippen LogP contribution in [0.3, 0.4) is 0 Å². The molecule has 1 unspecified atom stereocenters. The van der Waals surface area contributed by atoms with Crippen molar-refractivity contribution < 1.29 is 9.53 Å². The van der Waals surface area contributed by atoms with E-state index in [-0.39, 0.29) is 11.7 Å². The van der Waals surface area contributed by atoms with Crippen LogP contribution in [0.2, 0.25) is 0 Å². The van der Waals surface area contributed by atoms with Crippen molar-refractivity contribution in [2.24, 2.45) is 5.92 Å². The number of hydrogen-bond acceptors (Lipinski definition) is 3. The smallest absolute Gasteiger partial charge is 0.140 e. The van der Waals surface area contributed by atoms with Crippen molar-refractivity contribution in [3.8, 4) is 11.8 Å². The Labute approximate surface area is 101 Å². The number of hydrogen-bond donors (Lipinski definition) is 0. The van der Waals surface area contributed by atoms with Gasteiger partial charge in [0.2, 0.25) is 0 Å². The molecule has 0 N–H and O–H groups in total. The van der Waals surface area contributed by atoms with E-state index in [9.17, 15) is 4.79 Å². The molecule has 2 rings (SSSR count). The van der Waals surface area contributed by atoms with Gasteiger partial charge in [0.25, 0.3) is 0 Å². The Bertz CT molecular complexity index is 474. The molecule has 1 atom stereocenters. The molecule has 0 spiro atoms. The summed E-state index contributed by atoms with van der Waals surface area (Å²) < 4.78 is 5.32. The average molecular weight is 229 g/mol. The van der Waals surface area contributed by atoms with Crippen molar-refractivity contribution in [2.45, 2.75) is 25.7 Å². The van der Waals surface area contributed by atoms with E-state index >= 15 is 0 Å². The SMILES string of the molecule is COc1cccc2c1CC(CCC#N)C(=O)C2. The highest BCUT2D eigenvalue weighted by Gasteiger charge is 2.27. The molecule has 0 heterocycles. The summed E-state index contributed by atoms with van der Waals surface area (Å²) in [6.45, 7) is 0. The van der Waals surface area contributed by atoms with Gasteiger partial charge in [0.1, 0.15) is 11.5 Å². The first-order valence-corrected chi connectivity index (χ1v) is 5.80. The van der Waals surface area contributed by atoms with Gasteiger partial charge in [0.05, 0.1) is 13.2 Å². The summed E-state index contributed by atoms with van der Waals surface area (Å²) in [6, 6.07) is 7.93. The third-order valence-electron chi connectivity index (χ3n) is 3.33. The number of nitriles is 1. The third-order valence-corrected chi connectivity index (χ3v) is 3.33. The Morgan fingerprint density at radius 1 is 1.53 bits per heavy atom. The zero-order valence-corrected chi connectivity index (χ0v) is 9.90. The molecular formula is C14H15NO2. The number of ketones is 1. The van der Waals surface area contributed by atoms with E-state index in [4.69, 9.17) is 10.00 Å². The van der Waals surface area contributed by atoms with Crippen molar-refractivity contribution in [2.75, 3.05) is 7.11 Å². The van der Waals surface area contributed by atoms with Gasteiger partial charge in [-0.3, -0.25) is 4.79 Å². The van der Waals surface area contributed by atoms with Crippen LogP contribution >= 0.6 is 0 Å². The molecule has 17 heavy (non-hydrogen) atoms. The van der Waals surface area contributed by atoms with Crippen LogP contribution in [0.5, 0.6) is 5.75 Å². The average Bonchev–Trinajstić information content (AvgIpc) is 2.35. The van der Waals surface area contributed by atoms with Crippen LogP contribution in [-0.4, -0.2) is 12.9 Å². The van der Waals surface area contributed by atoms with E-state index in [0.29, 0.717) is 25.7 Å².